The number of aromatic nitrogens is 4. The van der Waals surface area contributed by atoms with E-state index in [0.29, 0.717) is 49.4 Å². The Kier molecular flexibility index (Phi) is 11.3. The molecule has 4 heterocycles. The molecule has 4 aromatic rings. The van der Waals surface area contributed by atoms with Crippen LogP contribution < -0.4 is 10.6 Å². The Labute approximate surface area is 420 Å². The van der Waals surface area contributed by atoms with Crippen molar-refractivity contribution in [3.05, 3.63) is 101 Å². The first-order valence-corrected chi connectivity index (χ1v) is 27.3. The van der Waals surface area contributed by atoms with E-state index in [2.05, 4.69) is 97.2 Å². The van der Waals surface area contributed by atoms with E-state index in [0.717, 1.165) is 117 Å². The first kappa shape index (κ1) is 45.7. The van der Waals surface area contributed by atoms with Crippen LogP contribution in [0.25, 0.3) is 27.6 Å². The van der Waals surface area contributed by atoms with Crippen molar-refractivity contribution in [3.8, 4) is 0 Å². The van der Waals surface area contributed by atoms with Gasteiger partial charge in [0.05, 0.1) is 48.4 Å². The molecule has 2 aromatic carbocycles. The third-order valence-electron chi connectivity index (χ3n) is 18.8. The van der Waals surface area contributed by atoms with Gasteiger partial charge in [-0.15, -0.1) is 0 Å². The zero-order valence-electron chi connectivity index (χ0n) is 41.7. The van der Waals surface area contributed by atoms with Gasteiger partial charge < -0.3 is 39.9 Å². The Morgan fingerprint density at radius 3 is 1.86 bits per heavy atom. The molecule has 14 nitrogen and oxygen atoms in total. The van der Waals surface area contributed by atoms with Crippen LogP contribution >= 0.6 is 0 Å². The van der Waals surface area contributed by atoms with Crippen molar-refractivity contribution in [1.82, 2.24) is 40.4 Å². The average Bonchev–Trinajstić information content (AvgIpc) is 4.10. The second-order valence-corrected chi connectivity index (χ2v) is 23.0. The molecule has 4 amide bonds. The van der Waals surface area contributed by atoms with Crippen molar-refractivity contribution < 1.29 is 28.7 Å². The van der Waals surface area contributed by atoms with Gasteiger partial charge in [-0.3, -0.25) is 9.59 Å². The number of hydrogen-bond acceptors (Lipinski definition) is 8. The largest absolute Gasteiger partial charge is 0.453 e. The molecule has 72 heavy (non-hydrogen) atoms. The third kappa shape index (κ3) is 7.97. The number of carbonyl (C=O) groups excluding carboxylic acids is 4. The molecule has 9 atom stereocenters. The van der Waals surface area contributed by atoms with Gasteiger partial charge >= 0.3 is 12.2 Å². The molecule has 10 aliphatic carbocycles. The summed E-state index contributed by atoms with van der Waals surface area (Å²) in [7, 11) is 2.70. The fourth-order valence-corrected chi connectivity index (χ4v) is 14.6. The Morgan fingerprint density at radius 2 is 1.26 bits per heavy atom. The number of nitrogens with zero attached hydrogens (tertiary/aromatic N) is 4. The SMILES string of the molecule is COC(=O)NC1(C(=O)N2[C@H](c3nc4ccc(C5=C[C@H]6CC=C5CCC5=C[C@@H](c7ccc8nc([C@@H]9C[C@@H]%10CCCC[C@@H]%10N9C(=O)C9(NC(=O)OC)CC9)[nH]c8c7)C(C=C5)CC6)cc4[nH]3)C[C@@H]3CCCC[C@@H]32)CC1. The van der Waals surface area contributed by atoms with E-state index in [4.69, 9.17) is 19.4 Å². The summed E-state index contributed by atoms with van der Waals surface area (Å²) >= 11 is 0. The van der Waals surface area contributed by atoms with E-state index in [-0.39, 0.29) is 41.9 Å². The first-order chi connectivity index (χ1) is 35.1. The van der Waals surface area contributed by atoms with Crippen molar-refractivity contribution in [1.29, 1.82) is 0 Å². The molecule has 4 N–H and O–H groups in total. The Balaban J connectivity index is 0.738. The molecule has 0 radical (unpaired) electrons. The molecule has 0 spiro atoms. The average molecular weight is 973 g/mol. The first-order valence-electron chi connectivity index (χ1n) is 27.3. The topological polar surface area (TPSA) is 175 Å². The van der Waals surface area contributed by atoms with E-state index in [1.165, 1.54) is 54.9 Å². The number of allylic oxidation sites excluding steroid dienone is 8. The van der Waals surface area contributed by atoms with Crippen LogP contribution in [0.1, 0.15) is 163 Å². The number of nitrogens with one attached hydrogen (secondary N) is 4. The second kappa shape index (κ2) is 17.8. The van der Waals surface area contributed by atoms with Crippen molar-refractivity contribution in [2.45, 2.75) is 163 Å². The van der Waals surface area contributed by atoms with Crippen LogP contribution in [0.2, 0.25) is 0 Å². The van der Waals surface area contributed by atoms with Gasteiger partial charge in [-0.2, -0.15) is 0 Å². The van der Waals surface area contributed by atoms with Gasteiger partial charge in [-0.25, -0.2) is 19.6 Å². The molecule has 1 unspecified atom stereocenters. The van der Waals surface area contributed by atoms with Gasteiger partial charge in [-0.1, -0.05) is 73.8 Å². The summed E-state index contributed by atoms with van der Waals surface area (Å²) in [4.78, 5) is 75.6. The number of carbonyl (C=O) groups is 4. The molecule has 14 heteroatoms. The molecular formula is C58H68N8O6. The predicted octanol–water partition coefficient (Wildman–Crippen LogP) is 10.7. The highest BCUT2D eigenvalue weighted by molar-refractivity contribution is 5.95. The highest BCUT2D eigenvalue weighted by Crippen LogP contribution is 2.52. The minimum Gasteiger partial charge on any atom is -0.453 e. The van der Waals surface area contributed by atoms with Gasteiger partial charge in [-0.05, 0) is 167 Å². The normalized spacial score (nSPS) is 30.9. The van der Waals surface area contributed by atoms with Crippen molar-refractivity contribution in [3.63, 3.8) is 0 Å². The monoisotopic (exact) mass is 973 g/mol. The molecule has 6 fully saturated rings. The lowest BCUT2D eigenvalue weighted by atomic mass is 9.74. The van der Waals surface area contributed by atoms with Gasteiger partial charge in [0, 0.05) is 18.0 Å². The molecule has 2 saturated heterocycles. The number of benzene rings is 2. The van der Waals surface area contributed by atoms with Gasteiger partial charge in [0.15, 0.2) is 0 Å². The fraction of sp³-hybridized carbons (Fsp3) is 0.552. The van der Waals surface area contributed by atoms with Crippen LogP contribution in [0.3, 0.4) is 0 Å². The number of likely N-dealkylation sites (tertiary alicyclic amines) is 2. The third-order valence-corrected chi connectivity index (χ3v) is 18.8. The zero-order chi connectivity index (χ0) is 48.9. The summed E-state index contributed by atoms with van der Waals surface area (Å²) in [6.45, 7) is 0. The standard InChI is InChI=1S/C58H68N8O6/c1-71-55(69)63-57(23-24-57)53(67)65-47-9-5-3-7-39(47)31-49(65)51-59-43-21-19-37(29-45(43)61-51)41-27-33-11-15-35(41)17-13-34-12-16-36(18-14-33)42(28-34)38-20-22-44-46(30-38)62-52(60-44)50-32-40-8-4-6-10-48(40)66(50)54(68)58(25-26-58)64-56(70)72-2/h11,15-16,19-22,27-30,34-35,39-41,47-50H,3-10,12-14,17-18,23-26,31-32H2,1-2H3,(H,59,61)(H,60,62)(H,63,69)(H,64,70)/t34-,35?,39-,40-,41+,47-,48-,49-,50-/m0/s1. The number of imidazole rings is 2. The number of amides is 4. The number of rotatable bonds is 8. The number of hydrogen-bond donors (Lipinski definition) is 4. The number of aromatic amines is 2. The maximum Gasteiger partial charge on any atom is 0.407 e. The molecule has 4 saturated carbocycles. The number of alkyl carbamates (subject to hydrolysis) is 2. The predicted molar refractivity (Wildman–Crippen MR) is 273 cm³/mol. The number of fused-ring (bicyclic) bond motifs is 4. The molecule has 2 aromatic heterocycles. The molecule has 12 aliphatic rings. The summed E-state index contributed by atoms with van der Waals surface area (Å²) in [6.07, 6.45) is 29.4. The summed E-state index contributed by atoms with van der Waals surface area (Å²) < 4.78 is 9.87. The maximum absolute atomic E-state index is 14.4. The van der Waals surface area contributed by atoms with Crippen LogP contribution in [0.5, 0.6) is 0 Å². The highest BCUT2D eigenvalue weighted by Gasteiger charge is 2.60. The zero-order valence-corrected chi connectivity index (χ0v) is 41.7. The number of H-pyrrole nitrogens is 2. The van der Waals surface area contributed by atoms with E-state index >= 15 is 0 Å². The summed E-state index contributed by atoms with van der Waals surface area (Å²) in [5.74, 6) is 3.57. The summed E-state index contributed by atoms with van der Waals surface area (Å²) in [5, 5.41) is 5.80. The number of methoxy groups -OCH3 is 2. The Bertz CT molecular complexity index is 2990. The molecule has 4 bridgehead atoms. The van der Waals surface area contributed by atoms with Crippen LogP contribution in [0.4, 0.5) is 9.59 Å². The van der Waals surface area contributed by atoms with E-state index in [9.17, 15) is 19.2 Å². The van der Waals surface area contributed by atoms with E-state index in [1.807, 2.05) is 0 Å². The lowest BCUT2D eigenvalue weighted by Gasteiger charge is -2.36. The smallest absolute Gasteiger partial charge is 0.407 e. The van der Waals surface area contributed by atoms with E-state index in [1.54, 1.807) is 0 Å². The second-order valence-electron chi connectivity index (χ2n) is 23.0. The molecule has 2 aliphatic heterocycles. The van der Waals surface area contributed by atoms with Crippen LogP contribution in [-0.4, -0.2) is 91.1 Å². The van der Waals surface area contributed by atoms with Gasteiger partial charge in [0.1, 0.15) is 22.7 Å². The Hall–Kier alpha value is -6.18. The van der Waals surface area contributed by atoms with Crippen LogP contribution in [0.15, 0.2) is 77.9 Å². The lowest BCUT2D eigenvalue weighted by Crippen LogP contribution is -2.53. The quantitative estimate of drug-likeness (QED) is 0.135. The minimum absolute atomic E-state index is 0.00592. The van der Waals surface area contributed by atoms with E-state index < -0.39 is 23.3 Å². The van der Waals surface area contributed by atoms with Crippen molar-refractivity contribution in [2.24, 2.45) is 23.7 Å². The minimum atomic E-state index is -0.884. The number of ether oxygens (including phenoxy) is 2. The Morgan fingerprint density at radius 1 is 0.681 bits per heavy atom. The molecule has 16 rings (SSSR count). The van der Waals surface area contributed by atoms with Crippen molar-refractivity contribution >= 4 is 51.6 Å². The summed E-state index contributed by atoms with van der Waals surface area (Å²) in [5.41, 5.74) is 8.62. The van der Waals surface area contributed by atoms with Gasteiger partial charge in [0.25, 0.3) is 0 Å². The van der Waals surface area contributed by atoms with Crippen LogP contribution in [-0.2, 0) is 19.1 Å². The molecular weight excluding hydrogens is 905 g/mol. The molecule has 376 valence electrons. The lowest BCUT2D eigenvalue weighted by molar-refractivity contribution is -0.139. The highest BCUT2D eigenvalue weighted by atomic mass is 16.5. The summed E-state index contributed by atoms with van der Waals surface area (Å²) in [6, 6.07) is 13.4. The fourth-order valence-electron chi connectivity index (χ4n) is 14.6. The van der Waals surface area contributed by atoms with Crippen molar-refractivity contribution in [2.75, 3.05) is 14.2 Å². The van der Waals surface area contributed by atoms with Gasteiger partial charge in [0.2, 0.25) is 11.8 Å². The van der Waals surface area contributed by atoms with Crippen LogP contribution in [0, 0.1) is 23.7 Å². The maximum atomic E-state index is 14.4.